The lowest BCUT2D eigenvalue weighted by atomic mass is 10.1. The third-order valence-electron chi connectivity index (χ3n) is 2.18. The van der Waals surface area contributed by atoms with E-state index >= 15 is 0 Å². The van der Waals surface area contributed by atoms with E-state index in [0.717, 1.165) is 11.3 Å². The van der Waals surface area contributed by atoms with Crippen molar-refractivity contribution in [3.05, 3.63) is 29.3 Å². The molecule has 0 saturated carbocycles. The predicted molar refractivity (Wildman–Crippen MR) is 62.3 cm³/mol. The number of para-hydroxylation sites is 1. The molecule has 0 unspecified atom stereocenters. The Kier molecular flexibility index (Phi) is 5.34. The van der Waals surface area contributed by atoms with Crippen LogP contribution in [-0.2, 0) is 4.74 Å². The highest BCUT2D eigenvalue weighted by molar-refractivity contribution is 5.62. The normalized spacial score (nSPS) is 9.81. The maximum Gasteiger partial charge on any atom is 0.101 e. The summed E-state index contributed by atoms with van der Waals surface area (Å²) in [6, 6.07) is 7.75. The lowest BCUT2D eigenvalue weighted by molar-refractivity contribution is 0.0992. The molecule has 0 saturated heterocycles. The molecular formula is C12H16N2O2. The zero-order valence-electron chi connectivity index (χ0n) is 9.36. The molecule has 0 aromatic heterocycles. The topological polar surface area (TPSA) is 65.3 Å². The van der Waals surface area contributed by atoms with Gasteiger partial charge in [0.25, 0.3) is 0 Å². The van der Waals surface area contributed by atoms with Gasteiger partial charge in [-0.3, -0.25) is 0 Å². The van der Waals surface area contributed by atoms with E-state index in [1.54, 1.807) is 6.07 Å². The molecule has 0 aliphatic heterocycles. The number of nitrogens with zero attached hydrogens (tertiary/aromatic N) is 1. The van der Waals surface area contributed by atoms with Gasteiger partial charge in [-0.25, -0.2) is 0 Å². The van der Waals surface area contributed by atoms with Crippen molar-refractivity contribution in [3.63, 3.8) is 0 Å². The molecule has 1 aromatic rings. The Balaban J connectivity index is 2.50. The minimum absolute atomic E-state index is 0.0355. The molecule has 0 bridgehead atoms. The van der Waals surface area contributed by atoms with Gasteiger partial charge in [0.15, 0.2) is 0 Å². The smallest absolute Gasteiger partial charge is 0.101 e. The number of anilines is 1. The summed E-state index contributed by atoms with van der Waals surface area (Å²) in [4.78, 5) is 0. The highest BCUT2D eigenvalue weighted by Gasteiger charge is 2.03. The Morgan fingerprint density at radius 3 is 2.94 bits per heavy atom. The second-order valence-electron chi connectivity index (χ2n) is 3.37. The van der Waals surface area contributed by atoms with E-state index in [1.165, 1.54) is 0 Å². The van der Waals surface area contributed by atoms with Gasteiger partial charge >= 0.3 is 0 Å². The maximum atomic E-state index is 8.93. The SMILES string of the molecule is Cc1cccc(C#N)c1NCCOCCO. The predicted octanol–water partition coefficient (Wildman–Crippen LogP) is 1.29. The molecule has 0 spiro atoms. The highest BCUT2D eigenvalue weighted by atomic mass is 16.5. The molecule has 0 fully saturated rings. The summed E-state index contributed by atoms with van der Waals surface area (Å²) in [5.41, 5.74) is 2.54. The van der Waals surface area contributed by atoms with Gasteiger partial charge < -0.3 is 15.2 Å². The monoisotopic (exact) mass is 220 g/mol. The molecule has 0 aliphatic rings. The number of aryl methyl sites for hydroxylation is 1. The molecule has 0 radical (unpaired) electrons. The largest absolute Gasteiger partial charge is 0.394 e. The summed E-state index contributed by atoms with van der Waals surface area (Å²) in [6.07, 6.45) is 0. The Morgan fingerprint density at radius 1 is 1.44 bits per heavy atom. The highest BCUT2D eigenvalue weighted by Crippen LogP contribution is 2.18. The lowest BCUT2D eigenvalue weighted by Crippen LogP contribution is -2.12. The number of rotatable bonds is 6. The minimum atomic E-state index is 0.0355. The Morgan fingerprint density at radius 2 is 2.25 bits per heavy atom. The van der Waals surface area contributed by atoms with E-state index in [-0.39, 0.29) is 6.61 Å². The summed E-state index contributed by atoms with van der Waals surface area (Å²) >= 11 is 0. The molecule has 1 aromatic carbocycles. The standard InChI is InChI=1S/C12H16N2O2/c1-10-3-2-4-11(9-13)12(10)14-5-7-16-8-6-15/h2-4,14-15H,5-8H2,1H3. The summed E-state index contributed by atoms with van der Waals surface area (Å²) in [5, 5.41) is 20.6. The molecule has 1 rings (SSSR count). The molecule has 2 N–H and O–H groups in total. The molecule has 0 aliphatic carbocycles. The van der Waals surface area contributed by atoms with Crippen LogP contribution >= 0.6 is 0 Å². The van der Waals surface area contributed by atoms with Gasteiger partial charge in [-0.2, -0.15) is 5.26 Å². The van der Waals surface area contributed by atoms with Crippen LogP contribution in [0.3, 0.4) is 0 Å². The van der Waals surface area contributed by atoms with Crippen LogP contribution in [0, 0.1) is 18.3 Å². The van der Waals surface area contributed by atoms with Crippen molar-refractivity contribution in [3.8, 4) is 6.07 Å². The minimum Gasteiger partial charge on any atom is -0.394 e. The van der Waals surface area contributed by atoms with Crippen molar-refractivity contribution in [2.24, 2.45) is 0 Å². The Bertz CT molecular complexity index is 372. The van der Waals surface area contributed by atoms with E-state index in [0.29, 0.717) is 25.3 Å². The first-order chi connectivity index (χ1) is 7.79. The second kappa shape index (κ2) is 6.83. The number of ether oxygens (including phenoxy) is 1. The number of hydrogen-bond acceptors (Lipinski definition) is 4. The van der Waals surface area contributed by atoms with Crippen LogP contribution in [-0.4, -0.2) is 31.5 Å². The van der Waals surface area contributed by atoms with Crippen LogP contribution in [0.2, 0.25) is 0 Å². The Hall–Kier alpha value is -1.57. The number of aliphatic hydroxyl groups excluding tert-OH is 1. The summed E-state index contributed by atoms with van der Waals surface area (Å²) in [5.74, 6) is 0. The van der Waals surface area contributed by atoms with Gasteiger partial charge in [-0.05, 0) is 18.6 Å². The number of hydrogen-bond donors (Lipinski definition) is 2. The second-order valence-corrected chi connectivity index (χ2v) is 3.37. The molecule has 0 atom stereocenters. The van der Waals surface area contributed by atoms with Crippen molar-refractivity contribution < 1.29 is 9.84 Å². The third-order valence-corrected chi connectivity index (χ3v) is 2.18. The van der Waals surface area contributed by atoms with Gasteiger partial charge in [0, 0.05) is 6.54 Å². The van der Waals surface area contributed by atoms with Gasteiger partial charge in [-0.1, -0.05) is 12.1 Å². The van der Waals surface area contributed by atoms with Crippen molar-refractivity contribution >= 4 is 5.69 Å². The van der Waals surface area contributed by atoms with Gasteiger partial charge in [0.1, 0.15) is 6.07 Å². The summed E-state index contributed by atoms with van der Waals surface area (Å²) in [7, 11) is 0. The molecule has 0 heterocycles. The fourth-order valence-electron chi connectivity index (χ4n) is 1.41. The summed E-state index contributed by atoms with van der Waals surface area (Å²) < 4.78 is 5.12. The average molecular weight is 220 g/mol. The van der Waals surface area contributed by atoms with Crippen molar-refractivity contribution in [1.82, 2.24) is 0 Å². The zero-order chi connectivity index (χ0) is 11.8. The third kappa shape index (κ3) is 3.54. The number of benzene rings is 1. The fourth-order valence-corrected chi connectivity index (χ4v) is 1.41. The molecule has 16 heavy (non-hydrogen) atoms. The van der Waals surface area contributed by atoms with E-state index < -0.39 is 0 Å². The number of aliphatic hydroxyl groups is 1. The first-order valence-corrected chi connectivity index (χ1v) is 5.21. The maximum absolute atomic E-state index is 8.93. The molecule has 4 heteroatoms. The van der Waals surface area contributed by atoms with Gasteiger partial charge in [-0.15, -0.1) is 0 Å². The number of nitriles is 1. The van der Waals surface area contributed by atoms with Crippen molar-refractivity contribution in [2.45, 2.75) is 6.92 Å². The van der Waals surface area contributed by atoms with Gasteiger partial charge in [0.05, 0.1) is 31.1 Å². The van der Waals surface area contributed by atoms with Crippen molar-refractivity contribution in [2.75, 3.05) is 31.7 Å². The fraction of sp³-hybridized carbons (Fsp3) is 0.417. The molecule has 86 valence electrons. The van der Waals surface area contributed by atoms with Crippen LogP contribution in [0.4, 0.5) is 5.69 Å². The van der Waals surface area contributed by atoms with Crippen LogP contribution in [0.25, 0.3) is 0 Å². The van der Waals surface area contributed by atoms with Crippen LogP contribution in [0.1, 0.15) is 11.1 Å². The van der Waals surface area contributed by atoms with Crippen LogP contribution in [0.5, 0.6) is 0 Å². The molecular weight excluding hydrogens is 204 g/mol. The van der Waals surface area contributed by atoms with E-state index in [4.69, 9.17) is 15.1 Å². The first-order valence-electron chi connectivity index (χ1n) is 5.21. The summed E-state index contributed by atoms with van der Waals surface area (Å²) in [6.45, 7) is 3.48. The Labute approximate surface area is 95.5 Å². The van der Waals surface area contributed by atoms with Crippen molar-refractivity contribution in [1.29, 1.82) is 5.26 Å². The van der Waals surface area contributed by atoms with E-state index in [9.17, 15) is 0 Å². The number of nitrogens with one attached hydrogen (secondary N) is 1. The average Bonchev–Trinajstić information content (AvgIpc) is 2.30. The van der Waals surface area contributed by atoms with Crippen LogP contribution in [0.15, 0.2) is 18.2 Å². The first kappa shape index (κ1) is 12.5. The lowest BCUT2D eigenvalue weighted by Gasteiger charge is -2.11. The van der Waals surface area contributed by atoms with Gasteiger partial charge in [0.2, 0.25) is 0 Å². The van der Waals surface area contributed by atoms with E-state index in [1.807, 2.05) is 19.1 Å². The van der Waals surface area contributed by atoms with E-state index in [2.05, 4.69) is 11.4 Å². The zero-order valence-corrected chi connectivity index (χ0v) is 9.36. The van der Waals surface area contributed by atoms with Crippen LogP contribution < -0.4 is 5.32 Å². The molecule has 4 nitrogen and oxygen atoms in total. The molecule has 0 amide bonds. The quantitative estimate of drug-likeness (QED) is 0.709.